The van der Waals surface area contributed by atoms with Gasteiger partial charge >= 0.3 is 0 Å². The first-order valence-electron chi connectivity index (χ1n) is 6.79. The Bertz CT molecular complexity index is 366. The Morgan fingerprint density at radius 2 is 2.06 bits per heavy atom. The molecular formula is C14H23N3O. The summed E-state index contributed by atoms with van der Waals surface area (Å²) >= 11 is 0. The molecule has 1 heterocycles. The van der Waals surface area contributed by atoms with Crippen molar-refractivity contribution in [2.45, 2.75) is 45.7 Å². The lowest BCUT2D eigenvalue weighted by atomic mass is 9.79. The minimum atomic E-state index is 0.568. The van der Waals surface area contributed by atoms with E-state index in [9.17, 15) is 0 Å². The van der Waals surface area contributed by atoms with Gasteiger partial charge in [0.25, 0.3) is 0 Å². The molecule has 0 aliphatic heterocycles. The van der Waals surface area contributed by atoms with Gasteiger partial charge in [-0.3, -0.25) is 0 Å². The predicted molar refractivity (Wildman–Crippen MR) is 71.4 cm³/mol. The predicted octanol–water partition coefficient (Wildman–Crippen LogP) is 2.40. The van der Waals surface area contributed by atoms with Crippen LogP contribution < -0.4 is 10.1 Å². The third kappa shape index (κ3) is 3.42. The van der Waals surface area contributed by atoms with Crippen molar-refractivity contribution in [2.75, 3.05) is 7.11 Å². The van der Waals surface area contributed by atoms with Crippen molar-refractivity contribution in [1.29, 1.82) is 0 Å². The Balaban J connectivity index is 1.80. The quantitative estimate of drug-likeness (QED) is 0.890. The van der Waals surface area contributed by atoms with Gasteiger partial charge in [0.2, 0.25) is 5.88 Å². The largest absolute Gasteiger partial charge is 0.480 e. The van der Waals surface area contributed by atoms with Crippen LogP contribution in [0.2, 0.25) is 0 Å². The number of nitrogens with one attached hydrogen (secondary N) is 1. The molecule has 3 atom stereocenters. The van der Waals surface area contributed by atoms with E-state index >= 15 is 0 Å². The van der Waals surface area contributed by atoms with Crippen LogP contribution in [0.1, 0.15) is 38.8 Å². The van der Waals surface area contributed by atoms with E-state index in [2.05, 4.69) is 29.4 Å². The van der Waals surface area contributed by atoms with Gasteiger partial charge in [-0.25, -0.2) is 0 Å². The number of ether oxygens (including phenoxy) is 1. The van der Waals surface area contributed by atoms with Crippen molar-refractivity contribution >= 4 is 0 Å². The standard InChI is InChI=1S/C14H23N3O/c1-10-4-5-12(8-11(10)2)15-9-13-6-7-14(18-3)17-16-13/h6-7,10-12,15H,4-5,8-9H2,1-3H3. The molecule has 1 aliphatic carbocycles. The molecule has 1 fully saturated rings. The molecule has 0 radical (unpaired) electrons. The lowest BCUT2D eigenvalue weighted by molar-refractivity contribution is 0.225. The molecular weight excluding hydrogens is 226 g/mol. The molecule has 4 heteroatoms. The topological polar surface area (TPSA) is 47.0 Å². The summed E-state index contributed by atoms with van der Waals surface area (Å²) in [6.45, 7) is 5.50. The first kappa shape index (κ1) is 13.3. The smallest absolute Gasteiger partial charge is 0.233 e. The fourth-order valence-corrected chi connectivity index (χ4v) is 2.53. The van der Waals surface area contributed by atoms with E-state index in [1.165, 1.54) is 19.3 Å². The van der Waals surface area contributed by atoms with E-state index in [4.69, 9.17) is 4.74 Å². The van der Waals surface area contributed by atoms with Gasteiger partial charge in [-0.1, -0.05) is 13.8 Å². The van der Waals surface area contributed by atoms with Gasteiger partial charge in [-0.2, -0.15) is 5.10 Å². The molecule has 1 saturated carbocycles. The number of nitrogens with zero attached hydrogens (tertiary/aromatic N) is 2. The number of aromatic nitrogens is 2. The number of hydrogen-bond acceptors (Lipinski definition) is 4. The first-order valence-corrected chi connectivity index (χ1v) is 6.79. The zero-order chi connectivity index (χ0) is 13.0. The molecule has 100 valence electrons. The molecule has 0 bridgehead atoms. The molecule has 0 aromatic carbocycles. The van der Waals surface area contributed by atoms with Gasteiger partial charge in [0.1, 0.15) is 0 Å². The Morgan fingerprint density at radius 3 is 2.67 bits per heavy atom. The lowest BCUT2D eigenvalue weighted by Crippen LogP contribution is -2.36. The maximum atomic E-state index is 5.00. The van der Waals surface area contributed by atoms with Crippen LogP contribution in [0, 0.1) is 11.8 Å². The van der Waals surface area contributed by atoms with Gasteiger partial charge in [-0.05, 0) is 37.2 Å². The van der Waals surface area contributed by atoms with Gasteiger partial charge in [0, 0.05) is 18.7 Å². The maximum Gasteiger partial charge on any atom is 0.233 e. The minimum Gasteiger partial charge on any atom is -0.480 e. The summed E-state index contributed by atoms with van der Waals surface area (Å²) in [5.74, 6) is 2.25. The average Bonchev–Trinajstić information content (AvgIpc) is 2.41. The van der Waals surface area contributed by atoms with Gasteiger partial charge in [-0.15, -0.1) is 5.10 Å². The molecule has 0 amide bonds. The first-order chi connectivity index (χ1) is 8.69. The summed E-state index contributed by atoms with van der Waals surface area (Å²) in [6, 6.07) is 4.45. The zero-order valence-electron chi connectivity index (χ0n) is 11.5. The van der Waals surface area contributed by atoms with Crippen LogP contribution in [0.25, 0.3) is 0 Å². The minimum absolute atomic E-state index is 0.568. The Kier molecular flexibility index (Phi) is 4.53. The summed E-state index contributed by atoms with van der Waals surface area (Å²) in [6.07, 6.45) is 3.87. The van der Waals surface area contributed by atoms with E-state index in [0.29, 0.717) is 11.9 Å². The molecule has 0 saturated heterocycles. The van der Waals surface area contributed by atoms with Crippen LogP contribution in [0.15, 0.2) is 12.1 Å². The third-order valence-electron chi connectivity index (χ3n) is 4.07. The number of hydrogen-bond donors (Lipinski definition) is 1. The number of rotatable bonds is 4. The van der Waals surface area contributed by atoms with Crippen LogP contribution in [0.5, 0.6) is 5.88 Å². The Labute approximate surface area is 109 Å². The van der Waals surface area contributed by atoms with Gasteiger partial charge < -0.3 is 10.1 Å². The van der Waals surface area contributed by atoms with Crippen LogP contribution >= 0.6 is 0 Å². The molecule has 1 aromatic rings. The molecule has 0 spiro atoms. The molecule has 1 aliphatic rings. The van der Waals surface area contributed by atoms with Crippen LogP contribution in [-0.2, 0) is 6.54 Å². The normalized spacial score (nSPS) is 28.1. The molecule has 1 N–H and O–H groups in total. The van der Waals surface area contributed by atoms with Gasteiger partial charge in [0.05, 0.1) is 12.8 Å². The fourth-order valence-electron chi connectivity index (χ4n) is 2.53. The summed E-state index contributed by atoms with van der Waals surface area (Å²) in [4.78, 5) is 0. The van der Waals surface area contributed by atoms with Crippen LogP contribution in [-0.4, -0.2) is 23.3 Å². The van der Waals surface area contributed by atoms with Crippen molar-refractivity contribution in [3.05, 3.63) is 17.8 Å². The van der Waals surface area contributed by atoms with E-state index in [0.717, 1.165) is 24.1 Å². The summed E-state index contributed by atoms with van der Waals surface area (Å²) in [5, 5.41) is 11.7. The van der Waals surface area contributed by atoms with E-state index in [1.54, 1.807) is 7.11 Å². The van der Waals surface area contributed by atoms with Crippen molar-refractivity contribution in [3.8, 4) is 5.88 Å². The summed E-state index contributed by atoms with van der Waals surface area (Å²) in [7, 11) is 1.60. The monoisotopic (exact) mass is 249 g/mol. The highest BCUT2D eigenvalue weighted by molar-refractivity contribution is 5.11. The second kappa shape index (κ2) is 6.14. The number of methoxy groups -OCH3 is 1. The average molecular weight is 249 g/mol. The fraction of sp³-hybridized carbons (Fsp3) is 0.714. The van der Waals surface area contributed by atoms with Crippen molar-refractivity contribution in [1.82, 2.24) is 15.5 Å². The Hall–Kier alpha value is -1.16. The van der Waals surface area contributed by atoms with Crippen LogP contribution in [0.4, 0.5) is 0 Å². The van der Waals surface area contributed by atoms with Crippen LogP contribution in [0.3, 0.4) is 0 Å². The second-order valence-corrected chi connectivity index (χ2v) is 5.41. The molecule has 4 nitrogen and oxygen atoms in total. The maximum absolute atomic E-state index is 5.00. The van der Waals surface area contributed by atoms with E-state index < -0.39 is 0 Å². The van der Waals surface area contributed by atoms with Crippen molar-refractivity contribution < 1.29 is 4.74 Å². The SMILES string of the molecule is COc1ccc(CNC2CCC(C)C(C)C2)nn1. The highest BCUT2D eigenvalue weighted by atomic mass is 16.5. The third-order valence-corrected chi connectivity index (χ3v) is 4.07. The van der Waals surface area contributed by atoms with E-state index in [1.807, 2.05) is 12.1 Å². The molecule has 3 unspecified atom stereocenters. The van der Waals surface area contributed by atoms with Gasteiger partial charge in [0.15, 0.2) is 0 Å². The molecule has 2 rings (SSSR count). The highest BCUT2D eigenvalue weighted by Crippen LogP contribution is 2.29. The van der Waals surface area contributed by atoms with Crippen molar-refractivity contribution in [2.24, 2.45) is 11.8 Å². The summed E-state index contributed by atoms with van der Waals surface area (Å²) in [5.41, 5.74) is 0.974. The molecule has 18 heavy (non-hydrogen) atoms. The molecule has 1 aromatic heterocycles. The van der Waals surface area contributed by atoms with E-state index in [-0.39, 0.29) is 0 Å². The zero-order valence-corrected chi connectivity index (χ0v) is 11.5. The lowest BCUT2D eigenvalue weighted by Gasteiger charge is -2.32. The second-order valence-electron chi connectivity index (χ2n) is 5.41. The Morgan fingerprint density at radius 1 is 1.22 bits per heavy atom. The highest BCUT2D eigenvalue weighted by Gasteiger charge is 2.23. The summed E-state index contributed by atoms with van der Waals surface area (Å²) < 4.78 is 5.00. The van der Waals surface area contributed by atoms with Crippen molar-refractivity contribution in [3.63, 3.8) is 0 Å².